The molecule has 1 aromatic rings. The summed E-state index contributed by atoms with van der Waals surface area (Å²) in [4.78, 5) is 33.8. The van der Waals surface area contributed by atoms with Crippen molar-refractivity contribution >= 4 is 29.4 Å². The van der Waals surface area contributed by atoms with Crippen LogP contribution in [0.2, 0.25) is 0 Å². The Kier molecular flexibility index (Phi) is 4.72. The number of hydrogen-bond donors (Lipinski definition) is 2. The van der Waals surface area contributed by atoms with Gasteiger partial charge < -0.3 is 15.2 Å². The van der Waals surface area contributed by atoms with Crippen LogP contribution in [-0.4, -0.2) is 45.7 Å². The second-order valence-electron chi connectivity index (χ2n) is 3.33. The summed E-state index contributed by atoms with van der Waals surface area (Å²) in [5.41, 5.74) is 0.403. The summed E-state index contributed by atoms with van der Waals surface area (Å²) < 4.78 is 7.92. The molecule has 0 unspecified atom stereocenters. The van der Waals surface area contributed by atoms with E-state index in [1.54, 1.807) is 6.92 Å². The van der Waals surface area contributed by atoms with Gasteiger partial charge in [0.2, 0.25) is 0 Å². The van der Waals surface area contributed by atoms with E-state index in [0.717, 1.165) is 18.6 Å². The van der Waals surface area contributed by atoms with Gasteiger partial charge in [0.1, 0.15) is 10.9 Å². The third kappa shape index (κ3) is 3.48. The molecular formula is C9H11N3O5S. The van der Waals surface area contributed by atoms with Gasteiger partial charge in [0.25, 0.3) is 5.91 Å². The Morgan fingerprint density at radius 2 is 2.17 bits per heavy atom. The van der Waals surface area contributed by atoms with E-state index in [4.69, 9.17) is 5.11 Å². The number of hydrogen-bond acceptors (Lipinski definition) is 7. The largest absolute Gasteiger partial charge is 0.480 e. The van der Waals surface area contributed by atoms with Gasteiger partial charge in [0, 0.05) is 0 Å². The van der Waals surface area contributed by atoms with Crippen molar-refractivity contribution in [1.29, 1.82) is 0 Å². The van der Waals surface area contributed by atoms with E-state index in [2.05, 4.69) is 19.6 Å². The molecule has 0 saturated heterocycles. The van der Waals surface area contributed by atoms with E-state index in [0.29, 0.717) is 5.69 Å². The van der Waals surface area contributed by atoms with E-state index in [9.17, 15) is 14.4 Å². The minimum absolute atomic E-state index is 0.214. The Morgan fingerprint density at radius 1 is 1.50 bits per heavy atom. The van der Waals surface area contributed by atoms with Crippen LogP contribution in [0.25, 0.3) is 0 Å². The van der Waals surface area contributed by atoms with Crippen LogP contribution in [0.15, 0.2) is 0 Å². The van der Waals surface area contributed by atoms with Gasteiger partial charge in [-0.05, 0) is 18.5 Å². The van der Waals surface area contributed by atoms with Crippen LogP contribution in [-0.2, 0) is 14.3 Å². The van der Waals surface area contributed by atoms with Gasteiger partial charge in [0.05, 0.1) is 19.2 Å². The highest BCUT2D eigenvalue weighted by Gasteiger charge is 2.25. The number of aliphatic carboxylic acids is 1. The molecule has 98 valence electrons. The minimum atomic E-state index is -1.34. The second kappa shape index (κ2) is 6.05. The first-order valence-corrected chi connectivity index (χ1v) is 5.62. The molecule has 0 bridgehead atoms. The highest BCUT2D eigenvalue weighted by atomic mass is 32.1. The fraction of sp³-hybridized carbons (Fsp3) is 0.444. The highest BCUT2D eigenvalue weighted by molar-refractivity contribution is 7.08. The van der Waals surface area contributed by atoms with Crippen LogP contribution in [0, 0.1) is 6.92 Å². The maximum absolute atomic E-state index is 11.7. The van der Waals surface area contributed by atoms with E-state index in [1.165, 1.54) is 0 Å². The molecule has 0 aliphatic rings. The monoisotopic (exact) mass is 273 g/mol. The van der Waals surface area contributed by atoms with E-state index in [-0.39, 0.29) is 4.88 Å². The number of ether oxygens (including phenoxy) is 1. The van der Waals surface area contributed by atoms with Gasteiger partial charge in [-0.15, -0.1) is 5.10 Å². The SMILES string of the molecule is COC(=O)C[C@H](NC(=O)c1snnc1C)C(=O)O. The Labute approximate surface area is 106 Å². The average Bonchev–Trinajstić information content (AvgIpc) is 2.74. The number of esters is 1. The van der Waals surface area contributed by atoms with Gasteiger partial charge in [-0.25, -0.2) is 4.79 Å². The Morgan fingerprint density at radius 3 is 2.61 bits per heavy atom. The minimum Gasteiger partial charge on any atom is -0.480 e. The first-order valence-electron chi connectivity index (χ1n) is 4.85. The maximum atomic E-state index is 11.7. The molecule has 1 rings (SSSR count). The van der Waals surface area contributed by atoms with Crippen molar-refractivity contribution in [3.63, 3.8) is 0 Å². The predicted octanol–water partition coefficient (Wildman–Crippen LogP) is -0.407. The lowest BCUT2D eigenvalue weighted by Gasteiger charge is -2.12. The van der Waals surface area contributed by atoms with Crippen LogP contribution >= 0.6 is 11.5 Å². The highest BCUT2D eigenvalue weighted by Crippen LogP contribution is 2.09. The summed E-state index contributed by atoms with van der Waals surface area (Å²) in [5, 5.41) is 14.7. The van der Waals surface area contributed by atoms with Gasteiger partial charge >= 0.3 is 11.9 Å². The second-order valence-corrected chi connectivity index (χ2v) is 4.09. The first-order chi connectivity index (χ1) is 8.45. The lowest BCUT2D eigenvalue weighted by Crippen LogP contribution is -2.42. The summed E-state index contributed by atoms with van der Waals surface area (Å²) in [5.74, 6) is -2.66. The molecule has 1 amide bonds. The van der Waals surface area contributed by atoms with Gasteiger partial charge in [-0.1, -0.05) is 4.49 Å². The zero-order valence-corrected chi connectivity index (χ0v) is 10.5. The Bertz CT molecular complexity index is 473. The molecule has 2 N–H and O–H groups in total. The lowest BCUT2D eigenvalue weighted by atomic mass is 10.2. The van der Waals surface area contributed by atoms with Crippen molar-refractivity contribution in [2.45, 2.75) is 19.4 Å². The lowest BCUT2D eigenvalue weighted by molar-refractivity contribution is -0.147. The first kappa shape index (κ1) is 14.0. The van der Waals surface area contributed by atoms with Gasteiger partial charge in [0.15, 0.2) is 0 Å². The third-order valence-electron chi connectivity index (χ3n) is 2.06. The van der Waals surface area contributed by atoms with Crippen LogP contribution in [0.3, 0.4) is 0 Å². The topological polar surface area (TPSA) is 118 Å². The normalized spacial score (nSPS) is 11.7. The molecule has 18 heavy (non-hydrogen) atoms. The fourth-order valence-corrected chi connectivity index (χ4v) is 1.67. The number of aryl methyl sites for hydroxylation is 1. The molecule has 1 atom stereocenters. The number of methoxy groups -OCH3 is 1. The molecule has 0 saturated carbocycles. The number of nitrogens with one attached hydrogen (secondary N) is 1. The number of nitrogens with zero attached hydrogens (tertiary/aromatic N) is 2. The summed E-state index contributed by atoms with van der Waals surface area (Å²) in [6.45, 7) is 1.58. The summed E-state index contributed by atoms with van der Waals surface area (Å²) in [6, 6.07) is -1.34. The van der Waals surface area contributed by atoms with Gasteiger partial charge in [-0.2, -0.15) is 0 Å². The number of carboxylic acid groups (broad SMARTS) is 1. The quantitative estimate of drug-likeness (QED) is 0.700. The van der Waals surface area contributed by atoms with Crippen molar-refractivity contribution in [3.05, 3.63) is 10.6 Å². The molecule has 1 heterocycles. The molecule has 0 fully saturated rings. The van der Waals surface area contributed by atoms with Crippen LogP contribution in [0.1, 0.15) is 21.8 Å². The zero-order chi connectivity index (χ0) is 13.7. The Balaban J connectivity index is 2.73. The summed E-state index contributed by atoms with van der Waals surface area (Å²) >= 11 is 0.854. The number of carbonyl (C=O) groups excluding carboxylic acids is 2. The smallest absolute Gasteiger partial charge is 0.326 e. The molecule has 8 nitrogen and oxygen atoms in total. The predicted molar refractivity (Wildman–Crippen MR) is 60.2 cm³/mol. The van der Waals surface area contributed by atoms with Crippen molar-refractivity contribution in [3.8, 4) is 0 Å². The number of carboxylic acids is 1. The molecule has 0 spiro atoms. The van der Waals surface area contributed by atoms with Gasteiger partial charge in [-0.3, -0.25) is 9.59 Å². The van der Waals surface area contributed by atoms with Crippen LogP contribution in [0.5, 0.6) is 0 Å². The molecule has 9 heteroatoms. The van der Waals surface area contributed by atoms with Crippen molar-refractivity contribution in [2.75, 3.05) is 7.11 Å². The molecule has 0 aliphatic carbocycles. The van der Waals surface area contributed by atoms with Crippen molar-refractivity contribution < 1.29 is 24.2 Å². The summed E-state index contributed by atoms with van der Waals surface area (Å²) in [6.07, 6.45) is -0.442. The van der Waals surface area contributed by atoms with E-state index in [1.807, 2.05) is 0 Å². The average molecular weight is 273 g/mol. The third-order valence-corrected chi connectivity index (χ3v) is 2.89. The standard InChI is InChI=1S/C9H11N3O5S/c1-4-7(18-12-11-4)8(14)10-5(9(15)16)3-6(13)17-2/h5H,3H2,1-2H3,(H,10,14)(H,15,16)/t5-/m0/s1. The van der Waals surface area contributed by atoms with Crippen molar-refractivity contribution in [1.82, 2.24) is 14.9 Å². The van der Waals surface area contributed by atoms with E-state index >= 15 is 0 Å². The molecule has 1 aromatic heterocycles. The Hall–Kier alpha value is -2.03. The fourth-order valence-electron chi connectivity index (χ4n) is 1.11. The number of aromatic nitrogens is 2. The summed E-state index contributed by atoms with van der Waals surface area (Å²) in [7, 11) is 1.14. The zero-order valence-electron chi connectivity index (χ0n) is 9.67. The molecule has 0 aliphatic heterocycles. The molecular weight excluding hydrogens is 262 g/mol. The van der Waals surface area contributed by atoms with Crippen molar-refractivity contribution in [2.24, 2.45) is 0 Å². The maximum Gasteiger partial charge on any atom is 0.326 e. The van der Waals surface area contributed by atoms with Crippen LogP contribution in [0.4, 0.5) is 0 Å². The molecule has 0 aromatic carbocycles. The van der Waals surface area contributed by atoms with E-state index < -0.39 is 30.3 Å². The number of amides is 1. The number of rotatable bonds is 5. The molecule has 0 radical (unpaired) electrons. The van der Waals surface area contributed by atoms with Crippen LogP contribution < -0.4 is 5.32 Å². The number of carbonyl (C=O) groups is 3.